The van der Waals surface area contributed by atoms with E-state index in [1.54, 1.807) is 6.07 Å². The number of halogens is 1. The Balaban J connectivity index is 1.93. The third-order valence-corrected chi connectivity index (χ3v) is 5.06. The largest absolute Gasteiger partial charge is 0.478 e. The van der Waals surface area contributed by atoms with Crippen LogP contribution in [0.1, 0.15) is 0 Å². The van der Waals surface area contributed by atoms with Crippen molar-refractivity contribution in [3.8, 4) is 5.75 Å². The van der Waals surface area contributed by atoms with E-state index >= 15 is 0 Å². The smallest absolute Gasteiger partial charge is 0.279 e. The van der Waals surface area contributed by atoms with Crippen LogP contribution in [0.15, 0.2) is 58.3 Å². The lowest BCUT2D eigenvalue weighted by Crippen LogP contribution is -2.15. The molecule has 7 nitrogen and oxygen atoms in total. The van der Waals surface area contributed by atoms with Gasteiger partial charge in [0.25, 0.3) is 10.0 Å². The van der Waals surface area contributed by atoms with E-state index in [1.165, 1.54) is 24.5 Å². The Kier molecular flexibility index (Phi) is 4.65. The molecule has 2 aromatic heterocycles. The molecule has 0 saturated carbocycles. The van der Waals surface area contributed by atoms with Gasteiger partial charge >= 0.3 is 0 Å². The number of fused-ring (bicyclic) bond motifs is 1. The lowest BCUT2D eigenvalue weighted by atomic mass is 10.2. The molecule has 0 aliphatic carbocycles. The summed E-state index contributed by atoms with van der Waals surface area (Å²) in [6.07, 6.45) is 2.79. The molecule has 0 amide bonds. The fourth-order valence-electron chi connectivity index (χ4n) is 2.11. The van der Waals surface area contributed by atoms with Crippen molar-refractivity contribution < 1.29 is 13.2 Å². The van der Waals surface area contributed by atoms with Gasteiger partial charge < -0.3 is 4.74 Å². The van der Waals surface area contributed by atoms with Gasteiger partial charge in [-0.15, -0.1) is 0 Å². The van der Waals surface area contributed by atoms with Crippen molar-refractivity contribution in [2.45, 2.75) is 5.03 Å². The van der Waals surface area contributed by atoms with Gasteiger partial charge in [0.05, 0.1) is 17.4 Å². The first kappa shape index (κ1) is 16.6. The molecule has 9 heteroatoms. The molecule has 0 saturated heterocycles. The van der Waals surface area contributed by atoms with E-state index in [4.69, 9.17) is 10.5 Å². The predicted octanol–water partition coefficient (Wildman–Crippen LogP) is 2.49. The third-order valence-electron chi connectivity index (χ3n) is 3.15. The Labute approximate surface area is 147 Å². The van der Waals surface area contributed by atoms with Crippen LogP contribution >= 0.6 is 15.9 Å². The van der Waals surface area contributed by atoms with Gasteiger partial charge in [0.1, 0.15) is 12.5 Å². The fraction of sp³-hybridized carbons (Fsp3) is 0.0667. The molecule has 124 valence electrons. The molecule has 0 radical (unpaired) electrons. The number of benzene rings is 1. The molecule has 0 atom stereocenters. The fourth-order valence-corrected chi connectivity index (χ4v) is 3.59. The minimum absolute atomic E-state index is 0.0552. The Hall–Kier alpha value is -2.23. The summed E-state index contributed by atoms with van der Waals surface area (Å²) < 4.78 is 33.3. The predicted molar refractivity (Wildman–Crippen MR) is 94.2 cm³/mol. The highest BCUT2D eigenvalue weighted by molar-refractivity contribution is 9.10. The molecule has 3 rings (SSSR count). The summed E-state index contributed by atoms with van der Waals surface area (Å²) >= 11 is 3.41. The Morgan fingerprint density at radius 3 is 2.83 bits per heavy atom. The van der Waals surface area contributed by atoms with E-state index in [1.807, 2.05) is 18.2 Å². The number of anilines is 1. The SMILES string of the molecule is NCOc1ccnc(S(=O)(=O)Nc2cnc3c(Br)cccc3c2)c1. The number of pyridine rings is 2. The lowest BCUT2D eigenvalue weighted by molar-refractivity contribution is 0.328. The Morgan fingerprint density at radius 1 is 1.21 bits per heavy atom. The standard InChI is InChI=1S/C15H13BrN4O3S/c16-13-3-1-2-10-6-11(8-19-15(10)13)20-24(21,22)14-7-12(23-9-17)4-5-18-14/h1-8,20H,9,17H2. The maximum absolute atomic E-state index is 12.5. The molecule has 0 unspecified atom stereocenters. The summed E-state index contributed by atoms with van der Waals surface area (Å²) in [4.78, 5) is 8.14. The van der Waals surface area contributed by atoms with Crippen LogP contribution in [0.3, 0.4) is 0 Å². The van der Waals surface area contributed by atoms with E-state index in [0.29, 0.717) is 11.4 Å². The lowest BCUT2D eigenvalue weighted by Gasteiger charge is -2.09. The second kappa shape index (κ2) is 6.71. The molecule has 0 spiro atoms. The van der Waals surface area contributed by atoms with E-state index in [-0.39, 0.29) is 11.8 Å². The Morgan fingerprint density at radius 2 is 2.04 bits per heavy atom. The first-order valence-corrected chi connectivity index (χ1v) is 9.13. The summed E-state index contributed by atoms with van der Waals surface area (Å²) in [5.74, 6) is 0.327. The summed E-state index contributed by atoms with van der Waals surface area (Å²) in [6, 6.07) is 10.1. The van der Waals surface area contributed by atoms with E-state index in [9.17, 15) is 8.42 Å². The molecular weight excluding hydrogens is 396 g/mol. The van der Waals surface area contributed by atoms with Gasteiger partial charge in [-0.1, -0.05) is 12.1 Å². The molecule has 0 aliphatic heterocycles. The van der Waals surface area contributed by atoms with Crippen molar-refractivity contribution >= 4 is 42.5 Å². The van der Waals surface area contributed by atoms with Crippen LogP contribution < -0.4 is 15.2 Å². The second-order valence-electron chi connectivity index (χ2n) is 4.78. The highest BCUT2D eigenvalue weighted by atomic mass is 79.9. The number of para-hydroxylation sites is 1. The number of nitrogens with zero attached hydrogens (tertiary/aromatic N) is 2. The average molecular weight is 409 g/mol. The summed E-state index contributed by atoms with van der Waals surface area (Å²) in [5, 5.41) is 0.639. The van der Waals surface area contributed by atoms with Crippen molar-refractivity contribution in [2.24, 2.45) is 5.73 Å². The molecule has 24 heavy (non-hydrogen) atoms. The summed E-state index contributed by atoms with van der Waals surface area (Å²) in [6.45, 7) is -0.0552. The first-order chi connectivity index (χ1) is 11.5. The number of ether oxygens (including phenoxy) is 1. The van der Waals surface area contributed by atoms with Crippen LogP contribution in [-0.2, 0) is 10.0 Å². The van der Waals surface area contributed by atoms with E-state index in [0.717, 1.165) is 15.4 Å². The number of hydrogen-bond acceptors (Lipinski definition) is 6. The normalized spacial score (nSPS) is 11.4. The van der Waals surface area contributed by atoms with Crippen LogP contribution in [0.2, 0.25) is 0 Å². The van der Waals surface area contributed by atoms with Crippen LogP contribution in [0, 0.1) is 0 Å². The quantitative estimate of drug-likeness (QED) is 0.627. The number of rotatable bonds is 5. The number of hydrogen-bond donors (Lipinski definition) is 2. The third kappa shape index (κ3) is 3.48. The van der Waals surface area contributed by atoms with Crippen LogP contribution in [0.25, 0.3) is 10.9 Å². The van der Waals surface area contributed by atoms with Gasteiger partial charge in [-0.2, -0.15) is 8.42 Å². The molecule has 0 aliphatic rings. The van der Waals surface area contributed by atoms with Crippen LogP contribution in [0.4, 0.5) is 5.69 Å². The van der Waals surface area contributed by atoms with Gasteiger partial charge in [0, 0.05) is 22.1 Å². The molecule has 1 aromatic carbocycles. The van der Waals surface area contributed by atoms with Crippen LogP contribution in [0.5, 0.6) is 5.75 Å². The zero-order valence-electron chi connectivity index (χ0n) is 12.3. The number of sulfonamides is 1. The summed E-state index contributed by atoms with van der Waals surface area (Å²) in [5.41, 5.74) is 6.38. The highest BCUT2D eigenvalue weighted by Gasteiger charge is 2.17. The number of aromatic nitrogens is 2. The van der Waals surface area contributed by atoms with E-state index < -0.39 is 10.0 Å². The number of nitrogens with two attached hydrogens (primary N) is 1. The van der Waals surface area contributed by atoms with Crippen LogP contribution in [-0.4, -0.2) is 25.1 Å². The van der Waals surface area contributed by atoms with Crippen molar-refractivity contribution in [3.63, 3.8) is 0 Å². The minimum atomic E-state index is -3.87. The minimum Gasteiger partial charge on any atom is -0.478 e. The molecule has 0 fully saturated rings. The molecule has 2 heterocycles. The molecule has 3 aromatic rings. The van der Waals surface area contributed by atoms with Crippen molar-refractivity contribution in [2.75, 3.05) is 11.5 Å². The molecule has 3 N–H and O–H groups in total. The maximum atomic E-state index is 12.5. The van der Waals surface area contributed by atoms with Gasteiger partial charge in [-0.05, 0) is 34.1 Å². The van der Waals surface area contributed by atoms with Crippen molar-refractivity contribution in [3.05, 3.63) is 53.3 Å². The van der Waals surface area contributed by atoms with E-state index in [2.05, 4.69) is 30.6 Å². The summed E-state index contributed by atoms with van der Waals surface area (Å²) in [7, 11) is -3.87. The monoisotopic (exact) mass is 408 g/mol. The van der Waals surface area contributed by atoms with Crippen molar-refractivity contribution in [1.29, 1.82) is 0 Å². The van der Waals surface area contributed by atoms with Crippen molar-refractivity contribution in [1.82, 2.24) is 9.97 Å². The maximum Gasteiger partial charge on any atom is 0.279 e. The van der Waals surface area contributed by atoms with Gasteiger partial charge in [-0.3, -0.25) is 15.4 Å². The second-order valence-corrected chi connectivity index (χ2v) is 7.27. The molecular formula is C15H13BrN4O3S. The highest BCUT2D eigenvalue weighted by Crippen LogP contribution is 2.25. The van der Waals surface area contributed by atoms with Gasteiger partial charge in [0.2, 0.25) is 0 Å². The van der Waals surface area contributed by atoms with Gasteiger partial charge in [0.15, 0.2) is 5.03 Å². The first-order valence-electron chi connectivity index (χ1n) is 6.85. The Bertz CT molecular complexity index is 995. The zero-order chi connectivity index (χ0) is 17.2. The topological polar surface area (TPSA) is 107 Å². The number of nitrogens with one attached hydrogen (secondary N) is 1. The molecule has 0 bridgehead atoms. The van der Waals surface area contributed by atoms with Gasteiger partial charge in [-0.25, -0.2) is 4.98 Å². The average Bonchev–Trinajstić information content (AvgIpc) is 2.55. The zero-order valence-corrected chi connectivity index (χ0v) is 14.7.